The van der Waals surface area contributed by atoms with Gasteiger partial charge in [-0.3, -0.25) is 0 Å². The van der Waals surface area contributed by atoms with Crippen molar-refractivity contribution in [2.75, 3.05) is 0 Å². The molecule has 0 fully saturated rings. The van der Waals surface area contributed by atoms with E-state index in [-0.39, 0.29) is 6.04 Å². The number of hydrogen-bond acceptors (Lipinski definition) is 1. The maximum absolute atomic E-state index is 10.1. The zero-order valence-corrected chi connectivity index (χ0v) is 6.72. The molecule has 0 aromatic carbocycles. The van der Waals surface area contributed by atoms with Gasteiger partial charge in [0, 0.05) is 6.04 Å². The fourth-order valence-electron chi connectivity index (χ4n) is 0.691. The summed E-state index contributed by atoms with van der Waals surface area (Å²) in [7, 11) is 0. The van der Waals surface area contributed by atoms with E-state index in [0.717, 1.165) is 6.42 Å². The molecule has 0 aliphatic carbocycles. The summed E-state index contributed by atoms with van der Waals surface area (Å²) in [4.78, 5) is 10.1. The lowest BCUT2D eigenvalue weighted by atomic mass is 10.0. The molecule has 0 aliphatic heterocycles. The van der Waals surface area contributed by atoms with Crippen LogP contribution in [0.15, 0.2) is 0 Å². The molecule has 0 spiro atoms. The van der Waals surface area contributed by atoms with Crippen molar-refractivity contribution in [2.45, 2.75) is 33.2 Å². The Balaban J connectivity index is 3.61. The van der Waals surface area contributed by atoms with Gasteiger partial charge in [-0.2, -0.15) is 0 Å². The van der Waals surface area contributed by atoms with Gasteiger partial charge in [0.05, 0.1) is 0 Å². The van der Waals surface area contributed by atoms with Crippen molar-refractivity contribution in [3.8, 4) is 0 Å². The Morgan fingerprint density at radius 2 is 2.10 bits per heavy atom. The second-order valence-electron chi connectivity index (χ2n) is 2.62. The average molecular weight is 145 g/mol. The van der Waals surface area contributed by atoms with Crippen LogP contribution < -0.4 is 5.32 Å². The normalized spacial score (nSPS) is 15.9. The molecule has 0 rings (SSSR count). The number of carboxylic acid groups (broad SMARTS) is 1. The molecular formula is C7H15NO2. The first kappa shape index (κ1) is 9.27. The van der Waals surface area contributed by atoms with E-state index < -0.39 is 6.09 Å². The van der Waals surface area contributed by atoms with Crippen molar-refractivity contribution < 1.29 is 9.90 Å². The SMILES string of the molecule is CCC(C)C(C)NC(=O)O. The minimum atomic E-state index is -0.937. The van der Waals surface area contributed by atoms with E-state index in [1.807, 2.05) is 20.8 Å². The molecule has 0 radical (unpaired) electrons. The number of nitrogens with one attached hydrogen (secondary N) is 1. The lowest BCUT2D eigenvalue weighted by Gasteiger charge is -2.17. The van der Waals surface area contributed by atoms with E-state index in [1.165, 1.54) is 0 Å². The fourth-order valence-corrected chi connectivity index (χ4v) is 0.691. The van der Waals surface area contributed by atoms with Crippen LogP contribution in [0.25, 0.3) is 0 Å². The monoisotopic (exact) mass is 145 g/mol. The summed E-state index contributed by atoms with van der Waals surface area (Å²) in [5, 5.41) is 10.7. The molecule has 3 nitrogen and oxygen atoms in total. The zero-order valence-electron chi connectivity index (χ0n) is 6.72. The molecule has 2 N–H and O–H groups in total. The highest BCUT2D eigenvalue weighted by Gasteiger charge is 2.10. The van der Waals surface area contributed by atoms with Crippen LogP contribution >= 0.6 is 0 Å². The minimum Gasteiger partial charge on any atom is -0.465 e. The third-order valence-corrected chi connectivity index (χ3v) is 1.85. The van der Waals surface area contributed by atoms with Gasteiger partial charge in [-0.05, 0) is 12.8 Å². The molecule has 1 amide bonds. The van der Waals surface area contributed by atoms with Crippen LogP contribution in [-0.4, -0.2) is 17.2 Å². The molecule has 2 unspecified atom stereocenters. The van der Waals surface area contributed by atoms with E-state index in [1.54, 1.807) is 0 Å². The summed E-state index contributed by atoms with van der Waals surface area (Å²) in [5.74, 6) is 0.413. The summed E-state index contributed by atoms with van der Waals surface area (Å²) in [6, 6.07) is 0.0579. The summed E-state index contributed by atoms with van der Waals surface area (Å²) in [6.45, 7) is 5.95. The Hall–Kier alpha value is -0.730. The highest BCUT2D eigenvalue weighted by atomic mass is 16.4. The van der Waals surface area contributed by atoms with Gasteiger partial charge in [-0.25, -0.2) is 4.79 Å². The lowest BCUT2D eigenvalue weighted by Crippen LogP contribution is -2.35. The van der Waals surface area contributed by atoms with Gasteiger partial charge >= 0.3 is 6.09 Å². The highest BCUT2D eigenvalue weighted by molar-refractivity contribution is 5.64. The number of carbonyl (C=O) groups is 1. The van der Waals surface area contributed by atoms with Crippen LogP contribution in [0.1, 0.15) is 27.2 Å². The second-order valence-corrected chi connectivity index (χ2v) is 2.62. The van der Waals surface area contributed by atoms with E-state index in [2.05, 4.69) is 5.32 Å². The largest absolute Gasteiger partial charge is 0.465 e. The maximum Gasteiger partial charge on any atom is 0.404 e. The quantitative estimate of drug-likeness (QED) is 0.634. The van der Waals surface area contributed by atoms with Gasteiger partial charge in [-0.1, -0.05) is 20.3 Å². The molecule has 0 saturated heterocycles. The first-order valence-corrected chi connectivity index (χ1v) is 3.57. The van der Waals surface area contributed by atoms with Crippen molar-refractivity contribution in [2.24, 2.45) is 5.92 Å². The molecular weight excluding hydrogens is 130 g/mol. The van der Waals surface area contributed by atoms with E-state index in [9.17, 15) is 4.79 Å². The van der Waals surface area contributed by atoms with Gasteiger partial charge in [0.2, 0.25) is 0 Å². The molecule has 2 atom stereocenters. The second kappa shape index (κ2) is 4.14. The van der Waals surface area contributed by atoms with Crippen LogP contribution in [0, 0.1) is 5.92 Å². The molecule has 60 valence electrons. The van der Waals surface area contributed by atoms with Gasteiger partial charge < -0.3 is 10.4 Å². The predicted octanol–water partition coefficient (Wildman–Crippen LogP) is 1.69. The van der Waals surface area contributed by atoms with Gasteiger partial charge in [-0.15, -0.1) is 0 Å². The van der Waals surface area contributed by atoms with Gasteiger partial charge in [0.25, 0.3) is 0 Å². The van der Waals surface area contributed by atoms with Crippen LogP contribution in [0.4, 0.5) is 4.79 Å². The molecule has 3 heteroatoms. The Kier molecular flexibility index (Phi) is 3.84. The Morgan fingerprint density at radius 1 is 1.60 bits per heavy atom. The Bertz CT molecular complexity index is 114. The molecule has 10 heavy (non-hydrogen) atoms. The number of amides is 1. The number of hydrogen-bond donors (Lipinski definition) is 2. The van der Waals surface area contributed by atoms with Crippen LogP contribution in [0.3, 0.4) is 0 Å². The van der Waals surface area contributed by atoms with Gasteiger partial charge in [0.1, 0.15) is 0 Å². The number of rotatable bonds is 3. The summed E-state index contributed by atoms with van der Waals surface area (Å²) >= 11 is 0. The minimum absolute atomic E-state index is 0.0579. The van der Waals surface area contributed by atoms with Gasteiger partial charge in [0.15, 0.2) is 0 Å². The molecule has 0 heterocycles. The maximum atomic E-state index is 10.1. The molecule has 0 bridgehead atoms. The van der Waals surface area contributed by atoms with Crippen LogP contribution in [-0.2, 0) is 0 Å². The molecule has 0 aromatic heterocycles. The lowest BCUT2D eigenvalue weighted by molar-refractivity contribution is 0.186. The van der Waals surface area contributed by atoms with Crippen LogP contribution in [0.2, 0.25) is 0 Å². The van der Waals surface area contributed by atoms with Crippen molar-refractivity contribution in [3.05, 3.63) is 0 Å². The third-order valence-electron chi connectivity index (χ3n) is 1.85. The van der Waals surface area contributed by atoms with Crippen molar-refractivity contribution in [1.82, 2.24) is 5.32 Å². The Labute approximate surface area is 61.4 Å². The first-order chi connectivity index (χ1) is 4.57. The molecule has 0 aliphatic rings. The van der Waals surface area contributed by atoms with Crippen molar-refractivity contribution in [3.63, 3.8) is 0 Å². The topological polar surface area (TPSA) is 49.3 Å². The summed E-state index contributed by atoms with van der Waals surface area (Å²) < 4.78 is 0. The van der Waals surface area contributed by atoms with Crippen LogP contribution in [0.5, 0.6) is 0 Å². The standard InChI is InChI=1S/C7H15NO2/c1-4-5(2)6(3)8-7(9)10/h5-6,8H,4H2,1-3H3,(H,9,10). The van der Waals surface area contributed by atoms with E-state index >= 15 is 0 Å². The van der Waals surface area contributed by atoms with E-state index in [0.29, 0.717) is 5.92 Å². The average Bonchev–Trinajstić information content (AvgIpc) is 1.85. The Morgan fingerprint density at radius 3 is 2.40 bits per heavy atom. The highest BCUT2D eigenvalue weighted by Crippen LogP contribution is 2.05. The smallest absolute Gasteiger partial charge is 0.404 e. The third kappa shape index (κ3) is 3.33. The first-order valence-electron chi connectivity index (χ1n) is 3.57. The summed E-state index contributed by atoms with van der Waals surface area (Å²) in [6.07, 6.45) is 0.0642. The van der Waals surface area contributed by atoms with Crippen molar-refractivity contribution >= 4 is 6.09 Å². The predicted molar refractivity (Wildman–Crippen MR) is 40.1 cm³/mol. The summed E-state index contributed by atoms with van der Waals surface area (Å²) in [5.41, 5.74) is 0. The zero-order chi connectivity index (χ0) is 8.15. The van der Waals surface area contributed by atoms with Crippen molar-refractivity contribution in [1.29, 1.82) is 0 Å². The van der Waals surface area contributed by atoms with E-state index in [4.69, 9.17) is 5.11 Å². The molecule has 0 saturated carbocycles. The fraction of sp³-hybridized carbons (Fsp3) is 0.857. The molecule has 0 aromatic rings.